The smallest absolute Gasteiger partial charge is 0.127 e. The van der Waals surface area contributed by atoms with Crippen molar-refractivity contribution in [2.45, 2.75) is 18.9 Å². The van der Waals surface area contributed by atoms with Crippen LogP contribution in [0.5, 0.6) is 5.75 Å². The van der Waals surface area contributed by atoms with Crippen LogP contribution >= 0.6 is 0 Å². The normalized spacial score (nSPS) is 15.7. The van der Waals surface area contributed by atoms with Crippen molar-refractivity contribution in [3.63, 3.8) is 0 Å². The van der Waals surface area contributed by atoms with Gasteiger partial charge in [0, 0.05) is 18.8 Å². The molecule has 1 aliphatic heterocycles. The summed E-state index contributed by atoms with van der Waals surface area (Å²) in [5.74, 6) is 1.04. The van der Waals surface area contributed by atoms with Gasteiger partial charge >= 0.3 is 0 Å². The maximum atomic E-state index is 5.89. The van der Waals surface area contributed by atoms with Crippen LogP contribution in [0.4, 0.5) is 0 Å². The molecule has 1 atom stereocenters. The van der Waals surface area contributed by atoms with Crippen molar-refractivity contribution < 1.29 is 4.74 Å². The molecule has 2 aromatic rings. The van der Waals surface area contributed by atoms with Crippen LogP contribution in [0.25, 0.3) is 0 Å². The molecular weight excluding hydrogens is 238 g/mol. The number of imidazole rings is 1. The molecule has 19 heavy (non-hydrogen) atoms. The Labute approximate surface area is 113 Å². The maximum absolute atomic E-state index is 5.89. The van der Waals surface area contributed by atoms with Crippen LogP contribution in [-0.2, 0) is 13.5 Å². The average Bonchev–Trinajstić information content (AvgIpc) is 2.86. The van der Waals surface area contributed by atoms with Gasteiger partial charge in [-0.05, 0) is 25.5 Å². The molecule has 0 radical (unpaired) electrons. The highest BCUT2D eigenvalue weighted by atomic mass is 16.5. The first-order valence-electron chi connectivity index (χ1n) is 6.69. The molecule has 1 aromatic carbocycles. The second-order valence-corrected chi connectivity index (χ2v) is 4.97. The molecule has 0 bridgehead atoms. The van der Waals surface area contributed by atoms with E-state index in [2.05, 4.69) is 28.5 Å². The van der Waals surface area contributed by atoms with Gasteiger partial charge in [-0.15, -0.1) is 0 Å². The number of aryl methyl sites for hydroxylation is 2. The highest BCUT2D eigenvalue weighted by Gasteiger charge is 2.22. The van der Waals surface area contributed by atoms with Crippen LogP contribution in [0.3, 0.4) is 0 Å². The average molecular weight is 257 g/mol. The number of benzene rings is 1. The van der Waals surface area contributed by atoms with Crippen molar-refractivity contribution in [1.82, 2.24) is 14.9 Å². The molecule has 0 amide bonds. The molecule has 0 fully saturated rings. The predicted molar refractivity (Wildman–Crippen MR) is 74.4 cm³/mol. The molecule has 0 spiro atoms. The SMILES string of the molecule is CNC(c1cn(C)cn1)c1cccc2c1OCCC2. The minimum absolute atomic E-state index is 0.0780. The van der Waals surface area contributed by atoms with E-state index in [1.807, 2.05) is 31.2 Å². The van der Waals surface area contributed by atoms with E-state index in [9.17, 15) is 0 Å². The molecule has 1 aliphatic rings. The lowest BCUT2D eigenvalue weighted by molar-refractivity contribution is 0.283. The van der Waals surface area contributed by atoms with Gasteiger partial charge in [0.15, 0.2) is 0 Å². The molecule has 4 nitrogen and oxygen atoms in total. The molecule has 0 aliphatic carbocycles. The van der Waals surface area contributed by atoms with Crippen molar-refractivity contribution in [3.8, 4) is 5.75 Å². The molecular formula is C15H19N3O. The maximum Gasteiger partial charge on any atom is 0.127 e. The Morgan fingerprint density at radius 1 is 1.42 bits per heavy atom. The van der Waals surface area contributed by atoms with E-state index in [1.54, 1.807) is 0 Å². The Morgan fingerprint density at radius 3 is 3.05 bits per heavy atom. The summed E-state index contributed by atoms with van der Waals surface area (Å²) in [5, 5.41) is 3.34. The van der Waals surface area contributed by atoms with Gasteiger partial charge in [0.2, 0.25) is 0 Å². The Balaban J connectivity index is 2.04. The number of nitrogens with zero attached hydrogens (tertiary/aromatic N) is 2. The van der Waals surface area contributed by atoms with Crippen molar-refractivity contribution in [2.75, 3.05) is 13.7 Å². The lowest BCUT2D eigenvalue weighted by Gasteiger charge is -2.24. The van der Waals surface area contributed by atoms with Gasteiger partial charge in [-0.3, -0.25) is 0 Å². The van der Waals surface area contributed by atoms with E-state index in [0.717, 1.165) is 30.9 Å². The molecule has 4 heteroatoms. The molecule has 1 aromatic heterocycles. The number of nitrogens with one attached hydrogen (secondary N) is 1. The number of fused-ring (bicyclic) bond motifs is 1. The highest BCUT2D eigenvalue weighted by molar-refractivity contribution is 5.46. The molecule has 1 N–H and O–H groups in total. The lowest BCUT2D eigenvalue weighted by Crippen LogP contribution is -2.21. The first kappa shape index (κ1) is 12.2. The third-order valence-corrected chi connectivity index (χ3v) is 3.58. The monoisotopic (exact) mass is 257 g/mol. The van der Waals surface area contributed by atoms with Gasteiger partial charge in [-0.1, -0.05) is 18.2 Å². The lowest BCUT2D eigenvalue weighted by atomic mass is 9.96. The predicted octanol–water partition coefficient (Wildman–Crippen LogP) is 2.05. The number of rotatable bonds is 3. The van der Waals surface area contributed by atoms with Crippen LogP contribution in [0.2, 0.25) is 0 Å². The van der Waals surface area contributed by atoms with Crippen molar-refractivity contribution in [1.29, 1.82) is 0 Å². The summed E-state index contributed by atoms with van der Waals surface area (Å²) in [7, 11) is 3.95. The fourth-order valence-electron chi connectivity index (χ4n) is 2.69. The van der Waals surface area contributed by atoms with Gasteiger partial charge in [0.1, 0.15) is 5.75 Å². The van der Waals surface area contributed by atoms with E-state index in [-0.39, 0.29) is 6.04 Å². The third-order valence-electron chi connectivity index (χ3n) is 3.58. The van der Waals surface area contributed by atoms with E-state index in [1.165, 1.54) is 11.1 Å². The standard InChI is InChI=1S/C15H19N3O/c1-16-14(13-9-18(2)10-17-13)12-7-3-5-11-6-4-8-19-15(11)12/h3,5,7,9-10,14,16H,4,6,8H2,1-2H3. The second kappa shape index (κ2) is 5.05. The molecule has 0 saturated carbocycles. The zero-order valence-electron chi connectivity index (χ0n) is 11.4. The van der Waals surface area contributed by atoms with Gasteiger partial charge in [0.25, 0.3) is 0 Å². The topological polar surface area (TPSA) is 39.1 Å². The zero-order valence-corrected chi connectivity index (χ0v) is 11.4. The van der Waals surface area contributed by atoms with Gasteiger partial charge in [-0.25, -0.2) is 4.98 Å². The summed E-state index contributed by atoms with van der Waals surface area (Å²) in [6.45, 7) is 0.808. The molecule has 3 rings (SSSR count). The Kier molecular flexibility index (Phi) is 3.25. The van der Waals surface area contributed by atoms with Crippen LogP contribution in [0.15, 0.2) is 30.7 Å². The second-order valence-electron chi connectivity index (χ2n) is 4.97. The van der Waals surface area contributed by atoms with Crippen molar-refractivity contribution in [2.24, 2.45) is 7.05 Å². The van der Waals surface area contributed by atoms with Crippen LogP contribution in [-0.4, -0.2) is 23.2 Å². The Morgan fingerprint density at radius 2 is 2.32 bits per heavy atom. The van der Waals surface area contributed by atoms with E-state index in [0.29, 0.717) is 0 Å². The molecule has 2 heterocycles. The number of aromatic nitrogens is 2. The molecule has 1 unspecified atom stereocenters. The number of para-hydroxylation sites is 1. The van der Waals surface area contributed by atoms with E-state index >= 15 is 0 Å². The van der Waals surface area contributed by atoms with Crippen molar-refractivity contribution in [3.05, 3.63) is 47.5 Å². The summed E-state index contributed by atoms with van der Waals surface area (Å²) in [4.78, 5) is 4.46. The number of ether oxygens (including phenoxy) is 1. The summed E-state index contributed by atoms with van der Waals surface area (Å²) in [6.07, 6.45) is 6.07. The number of hydrogen-bond donors (Lipinski definition) is 1. The first-order valence-corrected chi connectivity index (χ1v) is 6.69. The molecule has 0 saturated heterocycles. The minimum Gasteiger partial charge on any atom is -0.493 e. The summed E-state index contributed by atoms with van der Waals surface area (Å²) in [6, 6.07) is 6.47. The Hall–Kier alpha value is -1.81. The summed E-state index contributed by atoms with van der Waals surface area (Å²) < 4.78 is 7.86. The summed E-state index contributed by atoms with van der Waals surface area (Å²) >= 11 is 0. The van der Waals surface area contributed by atoms with Crippen molar-refractivity contribution >= 4 is 0 Å². The third kappa shape index (κ3) is 2.24. The molecule has 100 valence electrons. The first-order chi connectivity index (χ1) is 9.29. The zero-order chi connectivity index (χ0) is 13.2. The fourth-order valence-corrected chi connectivity index (χ4v) is 2.69. The van der Waals surface area contributed by atoms with Crippen LogP contribution < -0.4 is 10.1 Å². The van der Waals surface area contributed by atoms with E-state index < -0.39 is 0 Å². The van der Waals surface area contributed by atoms with Gasteiger partial charge in [-0.2, -0.15) is 0 Å². The number of hydrogen-bond acceptors (Lipinski definition) is 3. The highest BCUT2D eigenvalue weighted by Crippen LogP contribution is 2.34. The Bertz CT molecular complexity index is 577. The van der Waals surface area contributed by atoms with Crippen LogP contribution in [0, 0.1) is 0 Å². The minimum atomic E-state index is 0.0780. The van der Waals surface area contributed by atoms with Gasteiger partial charge < -0.3 is 14.6 Å². The van der Waals surface area contributed by atoms with E-state index in [4.69, 9.17) is 4.74 Å². The quantitative estimate of drug-likeness (QED) is 0.914. The largest absolute Gasteiger partial charge is 0.493 e. The van der Waals surface area contributed by atoms with Crippen LogP contribution in [0.1, 0.15) is 29.3 Å². The fraction of sp³-hybridized carbons (Fsp3) is 0.400. The summed E-state index contributed by atoms with van der Waals surface area (Å²) in [5.41, 5.74) is 3.51. The van der Waals surface area contributed by atoms with Gasteiger partial charge in [0.05, 0.1) is 24.7 Å².